The van der Waals surface area contributed by atoms with Crippen molar-refractivity contribution in [1.82, 2.24) is 0 Å². The summed E-state index contributed by atoms with van der Waals surface area (Å²) in [6.45, 7) is 5.79. The maximum absolute atomic E-state index is 6.65. The molecule has 0 fully saturated rings. The normalized spacial score (nSPS) is 13.5. The molecule has 0 heterocycles. The fourth-order valence-corrected chi connectivity index (χ4v) is 3.31. The van der Waals surface area contributed by atoms with E-state index in [-0.39, 0.29) is 0 Å². The van der Waals surface area contributed by atoms with Gasteiger partial charge < -0.3 is 4.48 Å². The van der Waals surface area contributed by atoms with Crippen LogP contribution in [0.2, 0.25) is 0 Å². The summed E-state index contributed by atoms with van der Waals surface area (Å²) in [5.41, 5.74) is 0.297. The first-order valence-corrected chi connectivity index (χ1v) is 10.4. The van der Waals surface area contributed by atoms with Crippen LogP contribution in [0.1, 0.15) is 104 Å². The van der Waals surface area contributed by atoms with Crippen LogP contribution in [0.5, 0.6) is 0 Å². The average Bonchev–Trinajstić information content (AvgIpc) is 2.49. The zero-order chi connectivity index (χ0) is 16.7. The SMILES string of the molecule is CCCCCCCCCC[N+](C)(C)C(Cl)CCCCCCC. The van der Waals surface area contributed by atoms with Crippen LogP contribution < -0.4 is 0 Å². The van der Waals surface area contributed by atoms with Gasteiger partial charge in [0.25, 0.3) is 0 Å². The van der Waals surface area contributed by atoms with E-state index in [4.69, 9.17) is 11.6 Å². The number of alkyl halides is 1. The number of nitrogens with zero attached hydrogens (tertiary/aromatic N) is 1. The zero-order valence-corrected chi connectivity index (χ0v) is 16.8. The summed E-state index contributed by atoms with van der Waals surface area (Å²) in [5, 5.41) is 0. The van der Waals surface area contributed by atoms with Gasteiger partial charge in [-0.2, -0.15) is 0 Å². The van der Waals surface area contributed by atoms with E-state index < -0.39 is 0 Å². The molecule has 0 aliphatic rings. The molecule has 0 aliphatic heterocycles. The van der Waals surface area contributed by atoms with Crippen molar-refractivity contribution >= 4 is 11.6 Å². The Hall–Kier alpha value is 0.250. The lowest BCUT2D eigenvalue weighted by atomic mass is 10.1. The molecule has 0 rings (SSSR count). The predicted octanol–water partition coefficient (Wildman–Crippen LogP) is 7.13. The first-order chi connectivity index (χ1) is 10.5. The molecule has 1 atom stereocenters. The molecule has 22 heavy (non-hydrogen) atoms. The second kappa shape index (κ2) is 14.8. The first kappa shape index (κ1) is 22.2. The molecule has 0 aromatic heterocycles. The van der Waals surface area contributed by atoms with Crippen molar-refractivity contribution in [2.24, 2.45) is 0 Å². The minimum Gasteiger partial charge on any atom is -0.313 e. The Balaban J connectivity index is 3.57. The Labute approximate surface area is 146 Å². The van der Waals surface area contributed by atoms with Crippen LogP contribution in [-0.2, 0) is 0 Å². The highest BCUT2D eigenvalue weighted by Gasteiger charge is 2.24. The summed E-state index contributed by atoms with van der Waals surface area (Å²) in [6, 6.07) is 0. The molecule has 0 aromatic carbocycles. The van der Waals surface area contributed by atoms with Crippen LogP contribution in [0.4, 0.5) is 0 Å². The fraction of sp³-hybridized carbons (Fsp3) is 1.00. The quantitative estimate of drug-likeness (QED) is 0.122. The maximum atomic E-state index is 6.65. The Bertz CT molecular complexity index is 228. The number of quaternary nitrogens is 1. The van der Waals surface area contributed by atoms with Gasteiger partial charge in [0.15, 0.2) is 5.50 Å². The van der Waals surface area contributed by atoms with E-state index in [2.05, 4.69) is 27.9 Å². The van der Waals surface area contributed by atoms with Gasteiger partial charge in [0.2, 0.25) is 0 Å². The molecule has 2 heteroatoms. The summed E-state index contributed by atoms with van der Waals surface area (Å²) in [7, 11) is 4.62. The third kappa shape index (κ3) is 12.8. The smallest absolute Gasteiger partial charge is 0.164 e. The first-order valence-electron chi connectivity index (χ1n) is 10.0. The highest BCUT2D eigenvalue weighted by Crippen LogP contribution is 2.20. The zero-order valence-electron chi connectivity index (χ0n) is 16.0. The lowest BCUT2D eigenvalue weighted by molar-refractivity contribution is -0.902. The topological polar surface area (TPSA) is 0 Å². The molecule has 0 aliphatic carbocycles. The summed E-state index contributed by atoms with van der Waals surface area (Å²) in [5.74, 6) is 0. The molecule has 0 radical (unpaired) electrons. The number of unbranched alkanes of at least 4 members (excludes halogenated alkanes) is 11. The van der Waals surface area contributed by atoms with Crippen molar-refractivity contribution in [2.45, 2.75) is 109 Å². The summed E-state index contributed by atoms with van der Waals surface area (Å²) in [6.07, 6.45) is 19.1. The maximum Gasteiger partial charge on any atom is 0.164 e. The van der Waals surface area contributed by atoms with Crippen molar-refractivity contribution in [1.29, 1.82) is 0 Å². The Morgan fingerprint density at radius 1 is 0.636 bits per heavy atom. The lowest BCUT2D eigenvalue weighted by Gasteiger charge is -2.34. The van der Waals surface area contributed by atoms with Gasteiger partial charge >= 0.3 is 0 Å². The molecule has 0 aromatic rings. The van der Waals surface area contributed by atoms with Crippen molar-refractivity contribution in [3.05, 3.63) is 0 Å². The number of hydrogen-bond acceptors (Lipinski definition) is 0. The van der Waals surface area contributed by atoms with Crippen molar-refractivity contribution in [2.75, 3.05) is 20.6 Å². The molecule has 0 bridgehead atoms. The second-order valence-corrected chi connectivity index (χ2v) is 8.12. The monoisotopic (exact) mass is 332 g/mol. The standard InChI is InChI=1S/C20H43ClN/c1-5-7-9-11-12-13-15-17-19-22(3,4)20(21)18-16-14-10-8-6-2/h20H,5-19H2,1-4H3/q+1. The van der Waals surface area contributed by atoms with E-state index >= 15 is 0 Å². The third-order valence-corrected chi connectivity index (χ3v) is 5.64. The number of rotatable bonds is 16. The van der Waals surface area contributed by atoms with Gasteiger partial charge in [-0.3, -0.25) is 0 Å². The van der Waals surface area contributed by atoms with Gasteiger partial charge in [0.05, 0.1) is 20.6 Å². The Morgan fingerprint density at radius 2 is 1.05 bits per heavy atom. The summed E-state index contributed by atoms with van der Waals surface area (Å²) >= 11 is 6.65. The number of halogens is 1. The highest BCUT2D eigenvalue weighted by atomic mass is 35.5. The van der Waals surface area contributed by atoms with Gasteiger partial charge in [-0.05, 0) is 19.3 Å². The summed E-state index contributed by atoms with van der Waals surface area (Å²) in [4.78, 5) is 0. The molecule has 134 valence electrons. The van der Waals surface area contributed by atoms with Crippen LogP contribution >= 0.6 is 11.6 Å². The van der Waals surface area contributed by atoms with Gasteiger partial charge in [-0.15, -0.1) is 0 Å². The minimum absolute atomic E-state index is 0.297. The molecule has 0 saturated heterocycles. The molecular weight excluding hydrogens is 290 g/mol. The third-order valence-electron chi connectivity index (χ3n) is 4.89. The average molecular weight is 333 g/mol. The predicted molar refractivity (Wildman–Crippen MR) is 103 cm³/mol. The van der Waals surface area contributed by atoms with Gasteiger partial charge in [-0.1, -0.05) is 89.7 Å². The van der Waals surface area contributed by atoms with E-state index in [0.29, 0.717) is 5.50 Å². The van der Waals surface area contributed by atoms with E-state index in [1.54, 1.807) is 0 Å². The van der Waals surface area contributed by atoms with E-state index in [1.165, 1.54) is 96.4 Å². The van der Waals surface area contributed by atoms with Crippen molar-refractivity contribution in [3.63, 3.8) is 0 Å². The van der Waals surface area contributed by atoms with E-state index in [9.17, 15) is 0 Å². The van der Waals surface area contributed by atoms with Gasteiger partial charge in [0.1, 0.15) is 0 Å². The van der Waals surface area contributed by atoms with Crippen LogP contribution in [-0.4, -0.2) is 30.6 Å². The van der Waals surface area contributed by atoms with Crippen molar-refractivity contribution in [3.8, 4) is 0 Å². The Kier molecular flexibility index (Phi) is 15.0. The van der Waals surface area contributed by atoms with Crippen molar-refractivity contribution < 1.29 is 4.48 Å². The van der Waals surface area contributed by atoms with Gasteiger partial charge in [-0.25, -0.2) is 0 Å². The fourth-order valence-electron chi connectivity index (χ4n) is 3.06. The van der Waals surface area contributed by atoms with Gasteiger partial charge in [0, 0.05) is 6.42 Å². The minimum atomic E-state index is 0.297. The molecule has 0 amide bonds. The molecular formula is C20H43ClN+. The van der Waals surface area contributed by atoms with Crippen LogP contribution in [0.25, 0.3) is 0 Å². The molecule has 0 spiro atoms. The Morgan fingerprint density at radius 3 is 1.55 bits per heavy atom. The molecule has 0 saturated carbocycles. The summed E-state index contributed by atoms with van der Waals surface area (Å²) < 4.78 is 0.991. The highest BCUT2D eigenvalue weighted by molar-refractivity contribution is 6.19. The second-order valence-electron chi connectivity index (χ2n) is 7.61. The van der Waals surface area contributed by atoms with Crippen LogP contribution in [0.15, 0.2) is 0 Å². The molecule has 1 unspecified atom stereocenters. The van der Waals surface area contributed by atoms with E-state index in [1.807, 2.05) is 0 Å². The lowest BCUT2D eigenvalue weighted by Crippen LogP contribution is -2.46. The molecule has 0 N–H and O–H groups in total. The molecule has 1 nitrogen and oxygen atoms in total. The number of hydrogen-bond donors (Lipinski definition) is 0. The van der Waals surface area contributed by atoms with Crippen LogP contribution in [0.3, 0.4) is 0 Å². The largest absolute Gasteiger partial charge is 0.313 e. The van der Waals surface area contributed by atoms with E-state index in [0.717, 1.165) is 4.48 Å². The van der Waals surface area contributed by atoms with Crippen LogP contribution in [0, 0.1) is 0 Å².